The van der Waals surface area contributed by atoms with E-state index in [0.717, 1.165) is 16.8 Å². The highest BCUT2D eigenvalue weighted by Gasteiger charge is 2.24. The summed E-state index contributed by atoms with van der Waals surface area (Å²) < 4.78 is 4.78. The zero-order valence-corrected chi connectivity index (χ0v) is 13.8. The Hall–Kier alpha value is -3.07. The largest absolute Gasteiger partial charge is 0.467 e. The highest BCUT2D eigenvalue weighted by molar-refractivity contribution is 5.99. The Morgan fingerprint density at radius 1 is 1.38 bits per heavy atom. The van der Waals surface area contributed by atoms with Crippen LogP contribution in [0.15, 0.2) is 24.7 Å². The molecule has 0 aliphatic carbocycles. The van der Waals surface area contributed by atoms with Gasteiger partial charge in [-0.15, -0.1) is 6.42 Å². The molecule has 0 saturated carbocycles. The zero-order valence-electron chi connectivity index (χ0n) is 13.8. The number of H-pyrrole nitrogens is 1. The third-order valence-electron chi connectivity index (χ3n) is 3.70. The summed E-state index contributed by atoms with van der Waals surface area (Å²) in [4.78, 5) is 31.4. The van der Waals surface area contributed by atoms with Crippen molar-refractivity contribution in [3.8, 4) is 12.3 Å². The van der Waals surface area contributed by atoms with Crippen LogP contribution < -0.4 is 5.32 Å². The molecular formula is C18H19N3O3. The molecule has 1 atom stereocenters. The summed E-state index contributed by atoms with van der Waals surface area (Å²) in [5.74, 6) is 1.69. The summed E-state index contributed by atoms with van der Waals surface area (Å²) in [6, 6.07) is 2.72. The number of nitrogens with one attached hydrogen (secondary N) is 2. The number of carbonyl (C=O) groups is 2. The smallest absolute Gasteiger partial charge is 0.328 e. The molecule has 0 unspecified atom stereocenters. The van der Waals surface area contributed by atoms with Crippen molar-refractivity contribution in [1.82, 2.24) is 15.3 Å². The first-order valence-corrected chi connectivity index (χ1v) is 7.40. The molecule has 0 saturated heterocycles. The number of amides is 1. The van der Waals surface area contributed by atoms with E-state index in [0.29, 0.717) is 11.1 Å². The quantitative estimate of drug-likeness (QED) is 0.645. The summed E-state index contributed by atoms with van der Waals surface area (Å²) in [6.45, 7) is 3.62. The second kappa shape index (κ2) is 7.47. The number of aromatic nitrogens is 2. The summed E-state index contributed by atoms with van der Waals surface area (Å²) >= 11 is 0. The summed E-state index contributed by atoms with van der Waals surface area (Å²) in [5, 5.41) is 2.73. The monoisotopic (exact) mass is 325 g/mol. The number of aromatic amines is 1. The van der Waals surface area contributed by atoms with Gasteiger partial charge in [-0.2, -0.15) is 0 Å². The molecule has 0 aliphatic rings. The lowest BCUT2D eigenvalue weighted by Crippen LogP contribution is -2.43. The highest BCUT2D eigenvalue weighted by atomic mass is 16.5. The van der Waals surface area contributed by atoms with Gasteiger partial charge in [0.05, 0.1) is 13.4 Å². The van der Waals surface area contributed by atoms with Gasteiger partial charge >= 0.3 is 5.97 Å². The molecule has 6 nitrogen and oxygen atoms in total. The molecule has 24 heavy (non-hydrogen) atoms. The van der Waals surface area contributed by atoms with E-state index in [1.54, 1.807) is 18.3 Å². The van der Waals surface area contributed by atoms with E-state index >= 15 is 0 Å². The fourth-order valence-corrected chi connectivity index (χ4v) is 2.59. The van der Waals surface area contributed by atoms with Gasteiger partial charge in [0.15, 0.2) is 0 Å². The number of aryl methyl sites for hydroxylation is 2. The van der Waals surface area contributed by atoms with Gasteiger partial charge in [-0.1, -0.05) is 5.92 Å². The number of nitrogens with zero attached hydrogens (tertiary/aromatic N) is 1. The number of benzene rings is 1. The van der Waals surface area contributed by atoms with Gasteiger partial charge in [-0.3, -0.25) is 4.79 Å². The first-order valence-electron chi connectivity index (χ1n) is 7.40. The van der Waals surface area contributed by atoms with Crippen LogP contribution in [0.3, 0.4) is 0 Å². The standard InChI is InChI=1S/C18H19N3O3/c1-5-13-6-11(2)16(12(3)7-13)17(22)21-15(18(23)24-4)8-14-9-19-10-20-14/h1,6-7,9-10,15H,8H2,2-4H3,(H,19,20)(H,21,22)/t15-/m1/s1. The average Bonchev–Trinajstić information content (AvgIpc) is 3.05. The van der Waals surface area contributed by atoms with Crippen LogP contribution in [0.2, 0.25) is 0 Å². The molecule has 0 spiro atoms. The number of terminal acetylenes is 1. The number of esters is 1. The molecule has 2 N–H and O–H groups in total. The maximum atomic E-state index is 12.6. The van der Waals surface area contributed by atoms with Crippen LogP contribution in [0, 0.1) is 26.2 Å². The molecule has 0 fully saturated rings. The van der Waals surface area contributed by atoms with Crippen LogP contribution in [0.1, 0.15) is 32.7 Å². The summed E-state index contributed by atoms with van der Waals surface area (Å²) in [5.41, 5.74) is 3.45. The molecule has 1 aromatic heterocycles. The highest BCUT2D eigenvalue weighted by Crippen LogP contribution is 2.17. The lowest BCUT2D eigenvalue weighted by atomic mass is 9.98. The molecule has 2 aromatic rings. The van der Waals surface area contributed by atoms with Gasteiger partial charge in [0, 0.05) is 29.4 Å². The molecule has 6 heteroatoms. The number of hydrogen-bond acceptors (Lipinski definition) is 4. The minimum atomic E-state index is -0.811. The van der Waals surface area contributed by atoms with E-state index in [1.807, 2.05) is 13.8 Å². The Balaban J connectivity index is 2.25. The van der Waals surface area contributed by atoms with Gasteiger partial charge in [0.25, 0.3) is 5.91 Å². The molecule has 2 rings (SSSR count). The third-order valence-corrected chi connectivity index (χ3v) is 3.70. The second-order valence-corrected chi connectivity index (χ2v) is 5.46. The normalized spacial score (nSPS) is 11.4. The predicted octanol–water partition coefficient (Wildman–Crippen LogP) is 1.52. The lowest BCUT2D eigenvalue weighted by Gasteiger charge is -2.18. The summed E-state index contributed by atoms with van der Waals surface area (Å²) in [7, 11) is 1.28. The number of carbonyl (C=O) groups excluding carboxylic acids is 2. The Bertz CT molecular complexity index is 765. The third kappa shape index (κ3) is 3.82. The molecule has 0 radical (unpaired) electrons. The Morgan fingerprint density at radius 2 is 2.04 bits per heavy atom. The maximum Gasteiger partial charge on any atom is 0.328 e. The molecule has 1 aromatic carbocycles. The van der Waals surface area contributed by atoms with Crippen molar-refractivity contribution in [2.24, 2.45) is 0 Å². The average molecular weight is 325 g/mol. The second-order valence-electron chi connectivity index (χ2n) is 5.46. The first-order chi connectivity index (χ1) is 11.5. The Labute approximate surface area is 140 Å². The summed E-state index contributed by atoms with van der Waals surface area (Å²) in [6.07, 6.45) is 8.78. The van der Waals surface area contributed by atoms with Gasteiger partial charge in [0.2, 0.25) is 0 Å². The van der Waals surface area contributed by atoms with E-state index in [1.165, 1.54) is 13.4 Å². The van der Waals surface area contributed by atoms with E-state index in [-0.39, 0.29) is 12.3 Å². The number of ether oxygens (including phenoxy) is 1. The molecule has 1 amide bonds. The van der Waals surface area contributed by atoms with Crippen molar-refractivity contribution in [3.05, 3.63) is 52.6 Å². The van der Waals surface area contributed by atoms with Crippen molar-refractivity contribution >= 4 is 11.9 Å². The zero-order chi connectivity index (χ0) is 17.7. The topological polar surface area (TPSA) is 84.1 Å². The van der Waals surface area contributed by atoms with Crippen molar-refractivity contribution in [3.63, 3.8) is 0 Å². The SMILES string of the molecule is C#Cc1cc(C)c(C(=O)N[C@H](Cc2cnc[nH]2)C(=O)OC)c(C)c1. The van der Waals surface area contributed by atoms with Gasteiger partial charge in [0.1, 0.15) is 6.04 Å². The van der Waals surface area contributed by atoms with Crippen LogP contribution in [-0.4, -0.2) is 35.0 Å². The van der Waals surface area contributed by atoms with Gasteiger partial charge < -0.3 is 15.0 Å². The van der Waals surface area contributed by atoms with Crippen molar-refractivity contribution in [1.29, 1.82) is 0 Å². The van der Waals surface area contributed by atoms with Crippen LogP contribution in [0.4, 0.5) is 0 Å². The number of hydrogen-bond donors (Lipinski definition) is 2. The Morgan fingerprint density at radius 3 is 2.54 bits per heavy atom. The van der Waals surface area contributed by atoms with Crippen molar-refractivity contribution in [2.45, 2.75) is 26.3 Å². The van der Waals surface area contributed by atoms with E-state index in [4.69, 9.17) is 11.2 Å². The molecule has 0 aliphatic heterocycles. The minimum absolute atomic E-state index is 0.263. The number of rotatable bonds is 5. The van der Waals surface area contributed by atoms with Gasteiger partial charge in [-0.05, 0) is 37.1 Å². The van der Waals surface area contributed by atoms with Crippen molar-refractivity contribution in [2.75, 3.05) is 7.11 Å². The maximum absolute atomic E-state index is 12.6. The van der Waals surface area contributed by atoms with Crippen LogP contribution in [-0.2, 0) is 16.0 Å². The molecule has 0 bridgehead atoms. The van der Waals surface area contributed by atoms with Crippen molar-refractivity contribution < 1.29 is 14.3 Å². The van der Waals surface area contributed by atoms with Crippen LogP contribution >= 0.6 is 0 Å². The first kappa shape index (κ1) is 17.3. The fourth-order valence-electron chi connectivity index (χ4n) is 2.59. The lowest BCUT2D eigenvalue weighted by molar-refractivity contribution is -0.142. The predicted molar refractivity (Wildman–Crippen MR) is 89.4 cm³/mol. The number of methoxy groups -OCH3 is 1. The minimum Gasteiger partial charge on any atom is -0.467 e. The van der Waals surface area contributed by atoms with Crippen LogP contribution in [0.5, 0.6) is 0 Å². The Kier molecular flexibility index (Phi) is 5.38. The molecular weight excluding hydrogens is 306 g/mol. The van der Waals surface area contributed by atoms with Gasteiger partial charge in [-0.25, -0.2) is 9.78 Å². The van der Waals surface area contributed by atoms with Crippen LogP contribution in [0.25, 0.3) is 0 Å². The number of imidazole rings is 1. The van der Waals surface area contributed by atoms with E-state index in [2.05, 4.69) is 21.2 Å². The van der Waals surface area contributed by atoms with E-state index in [9.17, 15) is 9.59 Å². The fraction of sp³-hybridized carbons (Fsp3) is 0.278. The van der Waals surface area contributed by atoms with E-state index < -0.39 is 12.0 Å². The molecule has 124 valence electrons. The molecule has 1 heterocycles.